The van der Waals surface area contributed by atoms with Crippen molar-refractivity contribution in [3.05, 3.63) is 57.8 Å². The summed E-state index contributed by atoms with van der Waals surface area (Å²) in [6.45, 7) is 4.74. The van der Waals surface area contributed by atoms with Crippen molar-refractivity contribution in [3.8, 4) is 0 Å². The molecule has 0 unspecified atom stereocenters. The lowest BCUT2D eigenvalue weighted by Gasteiger charge is -2.42. The number of benzene rings is 1. The van der Waals surface area contributed by atoms with Crippen molar-refractivity contribution in [2.45, 2.75) is 39.2 Å². The molecule has 1 aliphatic heterocycles. The zero-order chi connectivity index (χ0) is 17.7. The Bertz CT molecular complexity index is 697. The summed E-state index contributed by atoms with van der Waals surface area (Å²) < 4.78 is 0. The second-order valence-electron chi connectivity index (χ2n) is 7.33. The number of hydrogen-bond acceptors (Lipinski definition) is 4. The first-order chi connectivity index (χ1) is 12.1. The summed E-state index contributed by atoms with van der Waals surface area (Å²) in [4.78, 5) is 14.8. The quantitative estimate of drug-likeness (QED) is 0.757. The molecular weight excluding hydrogens is 330 g/mol. The minimum atomic E-state index is -0.00643. The van der Waals surface area contributed by atoms with E-state index in [0.29, 0.717) is 0 Å². The molecule has 1 aromatic carbocycles. The molecule has 0 radical (unpaired) electrons. The summed E-state index contributed by atoms with van der Waals surface area (Å²) in [6.07, 6.45) is 4.25. The highest BCUT2D eigenvalue weighted by Gasteiger charge is 2.34. The maximum absolute atomic E-state index is 11.5. The van der Waals surface area contributed by atoms with E-state index in [1.807, 2.05) is 12.1 Å². The van der Waals surface area contributed by atoms with E-state index in [-0.39, 0.29) is 17.8 Å². The fourth-order valence-corrected chi connectivity index (χ4v) is 4.62. The van der Waals surface area contributed by atoms with Crippen LogP contribution in [-0.2, 0) is 13.0 Å². The van der Waals surface area contributed by atoms with Crippen LogP contribution in [0.3, 0.4) is 0 Å². The Kier molecular flexibility index (Phi) is 6.05. The number of Topliss-reactive ketones (excluding diaryl/α,β-unsaturated/α-hetero) is 1. The van der Waals surface area contributed by atoms with Crippen LogP contribution in [0.5, 0.6) is 0 Å². The van der Waals surface area contributed by atoms with Gasteiger partial charge in [0.15, 0.2) is 5.78 Å². The van der Waals surface area contributed by atoms with Crippen LogP contribution < -0.4 is 0 Å². The van der Waals surface area contributed by atoms with Crippen molar-refractivity contribution in [3.63, 3.8) is 0 Å². The molecule has 3 nitrogen and oxygen atoms in total. The van der Waals surface area contributed by atoms with Gasteiger partial charge in [0.05, 0.1) is 4.88 Å². The van der Waals surface area contributed by atoms with Gasteiger partial charge in [-0.3, -0.25) is 9.69 Å². The third-order valence-corrected chi connectivity index (χ3v) is 6.35. The zero-order valence-electron chi connectivity index (χ0n) is 14.9. The molecular formula is C21H27NO2S. The topological polar surface area (TPSA) is 40.5 Å². The number of thiophene rings is 1. The van der Waals surface area contributed by atoms with Gasteiger partial charge < -0.3 is 5.11 Å². The van der Waals surface area contributed by atoms with Crippen LogP contribution in [0.2, 0.25) is 0 Å². The van der Waals surface area contributed by atoms with Gasteiger partial charge in [0.25, 0.3) is 0 Å². The van der Waals surface area contributed by atoms with Crippen molar-refractivity contribution in [1.82, 2.24) is 4.90 Å². The lowest BCUT2D eigenvalue weighted by Crippen LogP contribution is -2.45. The fraction of sp³-hybridized carbons (Fsp3) is 0.476. The number of carbonyl (C=O) groups is 1. The molecule has 1 fully saturated rings. The largest absolute Gasteiger partial charge is 0.396 e. The number of likely N-dealkylation sites (tertiary alicyclic amines) is 1. The van der Waals surface area contributed by atoms with Crippen molar-refractivity contribution < 1.29 is 9.90 Å². The van der Waals surface area contributed by atoms with Gasteiger partial charge in [-0.25, -0.2) is 0 Å². The summed E-state index contributed by atoms with van der Waals surface area (Å²) >= 11 is 1.53. The summed E-state index contributed by atoms with van der Waals surface area (Å²) in [5, 5.41) is 12.2. The number of hydrogen-bond donors (Lipinski definition) is 1. The van der Waals surface area contributed by atoms with Gasteiger partial charge in [-0.1, -0.05) is 30.3 Å². The van der Waals surface area contributed by atoms with E-state index in [4.69, 9.17) is 0 Å². The highest BCUT2D eigenvalue weighted by atomic mass is 32.1. The standard InChI is InChI=1S/C21H27NO2S/c1-17(24)20-12-19(14-25-20)13-22-11-5-9-21(15-22,16-23)10-8-18-6-3-2-4-7-18/h2-4,6-7,12,14,23H,5,8-11,13,15-16H2,1H3/t21-/m0/s1. The van der Waals surface area contributed by atoms with Gasteiger partial charge >= 0.3 is 0 Å². The Labute approximate surface area is 154 Å². The summed E-state index contributed by atoms with van der Waals surface area (Å²) in [7, 11) is 0. The number of ketones is 1. The normalized spacial score (nSPS) is 21.4. The van der Waals surface area contributed by atoms with Crippen LogP contribution in [0.25, 0.3) is 0 Å². The van der Waals surface area contributed by atoms with Crippen LogP contribution in [0.15, 0.2) is 41.8 Å². The highest BCUT2D eigenvalue weighted by molar-refractivity contribution is 7.12. The molecule has 1 atom stereocenters. The molecule has 1 aliphatic rings. The zero-order valence-corrected chi connectivity index (χ0v) is 15.7. The van der Waals surface area contributed by atoms with Gasteiger partial charge in [0.1, 0.15) is 0 Å². The van der Waals surface area contributed by atoms with E-state index in [0.717, 1.165) is 50.2 Å². The molecule has 2 aromatic rings. The number of nitrogens with zero attached hydrogens (tertiary/aromatic N) is 1. The fourth-order valence-electron chi connectivity index (χ4n) is 3.81. The van der Waals surface area contributed by atoms with Crippen molar-refractivity contribution in [2.75, 3.05) is 19.7 Å². The predicted molar refractivity (Wildman–Crippen MR) is 103 cm³/mol. The average Bonchev–Trinajstić information content (AvgIpc) is 3.10. The van der Waals surface area contributed by atoms with E-state index in [1.54, 1.807) is 6.92 Å². The monoisotopic (exact) mass is 357 g/mol. The van der Waals surface area contributed by atoms with Crippen LogP contribution in [-0.4, -0.2) is 35.5 Å². The molecule has 1 N–H and O–H groups in total. The van der Waals surface area contributed by atoms with Gasteiger partial charge in [-0.05, 0) is 61.7 Å². The van der Waals surface area contributed by atoms with Crippen LogP contribution >= 0.6 is 11.3 Å². The van der Waals surface area contributed by atoms with Gasteiger partial charge in [-0.2, -0.15) is 0 Å². The Balaban J connectivity index is 1.62. The van der Waals surface area contributed by atoms with E-state index in [1.165, 1.54) is 22.5 Å². The van der Waals surface area contributed by atoms with E-state index >= 15 is 0 Å². The number of aliphatic hydroxyl groups is 1. The average molecular weight is 358 g/mol. The molecule has 0 saturated carbocycles. The SMILES string of the molecule is CC(=O)c1cc(CN2CCC[C@](CO)(CCc3ccccc3)C2)cs1. The van der Waals surface area contributed by atoms with Crippen LogP contribution in [0.4, 0.5) is 0 Å². The first-order valence-electron chi connectivity index (χ1n) is 9.06. The Hall–Kier alpha value is -1.49. The lowest BCUT2D eigenvalue weighted by atomic mass is 9.76. The molecule has 0 amide bonds. The van der Waals surface area contributed by atoms with Crippen LogP contribution in [0, 0.1) is 5.41 Å². The van der Waals surface area contributed by atoms with Gasteiger partial charge in [-0.15, -0.1) is 11.3 Å². The lowest BCUT2D eigenvalue weighted by molar-refractivity contribution is 0.0224. The number of aryl methyl sites for hydroxylation is 1. The second kappa shape index (κ2) is 8.26. The predicted octanol–water partition coefficient (Wildman–Crippen LogP) is 4.16. The number of piperidine rings is 1. The number of rotatable bonds is 7. The smallest absolute Gasteiger partial charge is 0.169 e. The molecule has 0 spiro atoms. The molecule has 134 valence electrons. The molecule has 4 heteroatoms. The molecule has 3 rings (SSSR count). The van der Waals surface area contributed by atoms with Crippen molar-refractivity contribution in [2.24, 2.45) is 5.41 Å². The first-order valence-corrected chi connectivity index (χ1v) is 9.94. The minimum absolute atomic E-state index is 0.00643. The summed E-state index contributed by atoms with van der Waals surface area (Å²) in [5.41, 5.74) is 2.55. The molecule has 0 bridgehead atoms. The van der Waals surface area contributed by atoms with E-state index in [2.05, 4.69) is 34.5 Å². The second-order valence-corrected chi connectivity index (χ2v) is 8.24. The third kappa shape index (κ3) is 4.78. The third-order valence-electron chi connectivity index (χ3n) is 5.27. The highest BCUT2D eigenvalue weighted by Crippen LogP contribution is 2.35. The summed E-state index contributed by atoms with van der Waals surface area (Å²) in [5.74, 6) is 0.141. The Morgan fingerprint density at radius 1 is 1.28 bits per heavy atom. The van der Waals surface area contributed by atoms with Crippen molar-refractivity contribution in [1.29, 1.82) is 0 Å². The van der Waals surface area contributed by atoms with Gasteiger partial charge in [0, 0.05) is 25.1 Å². The van der Waals surface area contributed by atoms with Crippen molar-refractivity contribution >= 4 is 17.1 Å². The first kappa shape index (κ1) is 18.3. The van der Waals surface area contributed by atoms with Crippen LogP contribution in [0.1, 0.15) is 47.0 Å². The summed E-state index contributed by atoms with van der Waals surface area (Å²) in [6, 6.07) is 12.6. The number of carbonyl (C=O) groups excluding carboxylic acids is 1. The Morgan fingerprint density at radius 2 is 2.08 bits per heavy atom. The molecule has 1 aromatic heterocycles. The molecule has 2 heterocycles. The maximum Gasteiger partial charge on any atom is 0.169 e. The van der Waals surface area contributed by atoms with Gasteiger partial charge in [0.2, 0.25) is 0 Å². The van der Waals surface area contributed by atoms with E-state index in [9.17, 15) is 9.90 Å². The number of aliphatic hydroxyl groups excluding tert-OH is 1. The molecule has 25 heavy (non-hydrogen) atoms. The maximum atomic E-state index is 11.5. The molecule has 0 aliphatic carbocycles. The Morgan fingerprint density at radius 3 is 2.76 bits per heavy atom. The van der Waals surface area contributed by atoms with E-state index < -0.39 is 0 Å². The minimum Gasteiger partial charge on any atom is -0.396 e. The molecule has 1 saturated heterocycles.